The minimum absolute atomic E-state index is 0.427. The third kappa shape index (κ3) is 3.32. The third-order valence-electron chi connectivity index (χ3n) is 2.76. The molecule has 2 heteroatoms. The standard InChI is InChI=1S/C12H21NO/c1-4-6-7-12(13-5-2)11-8-10(3)14-9-11/h10-13H,5,7-9H2,1-3H3. The molecule has 14 heavy (non-hydrogen) atoms. The van der Waals surface area contributed by atoms with E-state index in [2.05, 4.69) is 31.0 Å². The van der Waals surface area contributed by atoms with Gasteiger partial charge < -0.3 is 10.1 Å². The molecule has 2 nitrogen and oxygen atoms in total. The molecule has 1 heterocycles. The van der Waals surface area contributed by atoms with Gasteiger partial charge in [0.15, 0.2) is 0 Å². The van der Waals surface area contributed by atoms with Crippen LogP contribution in [0.25, 0.3) is 0 Å². The summed E-state index contributed by atoms with van der Waals surface area (Å²) in [5.41, 5.74) is 0. The largest absolute Gasteiger partial charge is 0.378 e. The number of rotatable bonds is 4. The van der Waals surface area contributed by atoms with Gasteiger partial charge in [0, 0.05) is 18.4 Å². The van der Waals surface area contributed by atoms with Gasteiger partial charge in [-0.2, -0.15) is 0 Å². The minimum atomic E-state index is 0.427. The molecule has 3 atom stereocenters. The molecule has 0 spiro atoms. The van der Waals surface area contributed by atoms with E-state index in [4.69, 9.17) is 4.74 Å². The van der Waals surface area contributed by atoms with Gasteiger partial charge in [-0.3, -0.25) is 0 Å². The number of nitrogens with one attached hydrogen (secondary N) is 1. The van der Waals surface area contributed by atoms with Gasteiger partial charge >= 0.3 is 0 Å². The second kappa shape index (κ2) is 6.06. The summed E-state index contributed by atoms with van der Waals surface area (Å²) in [6, 6.07) is 0.511. The van der Waals surface area contributed by atoms with Crippen molar-refractivity contribution in [3.8, 4) is 11.8 Å². The SMILES string of the molecule is CC#CCC(NCC)C1COC(C)C1. The highest BCUT2D eigenvalue weighted by molar-refractivity contribution is 5.00. The van der Waals surface area contributed by atoms with Gasteiger partial charge in [-0.05, 0) is 26.8 Å². The molecule has 0 radical (unpaired) electrons. The zero-order chi connectivity index (χ0) is 10.4. The Balaban J connectivity index is 2.43. The minimum Gasteiger partial charge on any atom is -0.378 e. The first-order valence-corrected chi connectivity index (χ1v) is 5.52. The summed E-state index contributed by atoms with van der Waals surface area (Å²) in [6.07, 6.45) is 2.55. The van der Waals surface area contributed by atoms with Crippen LogP contribution in [0.15, 0.2) is 0 Å². The van der Waals surface area contributed by atoms with Gasteiger partial charge in [0.2, 0.25) is 0 Å². The van der Waals surface area contributed by atoms with Gasteiger partial charge in [0.25, 0.3) is 0 Å². The van der Waals surface area contributed by atoms with Crippen LogP contribution in [-0.2, 0) is 4.74 Å². The molecule has 1 rings (SSSR count). The third-order valence-corrected chi connectivity index (χ3v) is 2.76. The summed E-state index contributed by atoms with van der Waals surface area (Å²) in [5.74, 6) is 6.76. The predicted molar refractivity (Wildman–Crippen MR) is 59.1 cm³/mol. The molecule has 1 aliphatic heterocycles. The molecule has 0 amide bonds. The Labute approximate surface area is 87.4 Å². The van der Waals surface area contributed by atoms with Crippen molar-refractivity contribution in [3.05, 3.63) is 0 Å². The second-order valence-corrected chi connectivity index (χ2v) is 3.93. The molecule has 0 saturated carbocycles. The van der Waals surface area contributed by atoms with Crippen LogP contribution in [0, 0.1) is 17.8 Å². The first-order chi connectivity index (χ1) is 6.77. The summed E-state index contributed by atoms with van der Waals surface area (Å²) in [7, 11) is 0. The van der Waals surface area contributed by atoms with E-state index in [1.165, 1.54) is 6.42 Å². The highest BCUT2D eigenvalue weighted by Crippen LogP contribution is 2.23. The molecule has 0 aromatic heterocycles. The van der Waals surface area contributed by atoms with Gasteiger partial charge in [-0.1, -0.05) is 6.92 Å². The Hall–Kier alpha value is -0.520. The van der Waals surface area contributed by atoms with E-state index in [-0.39, 0.29) is 0 Å². The molecule has 1 N–H and O–H groups in total. The van der Waals surface area contributed by atoms with Crippen LogP contribution in [0.1, 0.15) is 33.6 Å². The van der Waals surface area contributed by atoms with Crippen molar-refractivity contribution in [3.63, 3.8) is 0 Å². The van der Waals surface area contributed by atoms with Crippen LogP contribution in [0.2, 0.25) is 0 Å². The molecular formula is C12H21NO. The molecule has 0 aliphatic carbocycles. The van der Waals surface area contributed by atoms with Crippen molar-refractivity contribution in [1.82, 2.24) is 5.32 Å². The highest BCUT2D eigenvalue weighted by Gasteiger charge is 2.28. The van der Waals surface area contributed by atoms with Crippen LogP contribution < -0.4 is 5.32 Å². The fraction of sp³-hybridized carbons (Fsp3) is 0.833. The first kappa shape index (κ1) is 11.6. The van der Waals surface area contributed by atoms with Crippen molar-refractivity contribution in [2.24, 2.45) is 5.92 Å². The second-order valence-electron chi connectivity index (χ2n) is 3.93. The molecule has 0 bridgehead atoms. The molecule has 3 unspecified atom stereocenters. The monoisotopic (exact) mass is 195 g/mol. The summed E-state index contributed by atoms with van der Waals surface area (Å²) >= 11 is 0. The van der Waals surface area contributed by atoms with Crippen LogP contribution in [0.5, 0.6) is 0 Å². The number of hydrogen-bond acceptors (Lipinski definition) is 2. The van der Waals surface area contributed by atoms with E-state index < -0.39 is 0 Å². The Bertz CT molecular complexity index is 216. The highest BCUT2D eigenvalue weighted by atomic mass is 16.5. The van der Waals surface area contributed by atoms with Crippen molar-refractivity contribution in [2.75, 3.05) is 13.2 Å². The van der Waals surface area contributed by atoms with Gasteiger partial charge in [0.1, 0.15) is 0 Å². The van der Waals surface area contributed by atoms with E-state index in [0.29, 0.717) is 18.1 Å². The lowest BCUT2D eigenvalue weighted by Crippen LogP contribution is -2.36. The molecule has 80 valence electrons. The molecule has 0 aromatic rings. The Morgan fingerprint density at radius 1 is 1.57 bits per heavy atom. The zero-order valence-electron chi connectivity index (χ0n) is 9.47. The van der Waals surface area contributed by atoms with Gasteiger partial charge in [0.05, 0.1) is 12.7 Å². The van der Waals surface area contributed by atoms with Crippen LogP contribution in [0.4, 0.5) is 0 Å². The summed E-state index contributed by atoms with van der Waals surface area (Å²) < 4.78 is 5.58. The summed E-state index contributed by atoms with van der Waals surface area (Å²) in [5, 5.41) is 3.50. The Morgan fingerprint density at radius 2 is 2.36 bits per heavy atom. The normalized spacial score (nSPS) is 28.2. The van der Waals surface area contributed by atoms with Crippen molar-refractivity contribution >= 4 is 0 Å². The quantitative estimate of drug-likeness (QED) is 0.691. The summed E-state index contributed by atoms with van der Waals surface area (Å²) in [4.78, 5) is 0. The Kier molecular flexibility index (Phi) is 5.00. The first-order valence-electron chi connectivity index (χ1n) is 5.52. The topological polar surface area (TPSA) is 21.3 Å². The molecule has 1 fully saturated rings. The maximum atomic E-state index is 5.58. The fourth-order valence-corrected chi connectivity index (χ4v) is 2.01. The molecular weight excluding hydrogens is 174 g/mol. The Morgan fingerprint density at radius 3 is 2.86 bits per heavy atom. The van der Waals surface area contributed by atoms with E-state index in [1.54, 1.807) is 0 Å². The lowest BCUT2D eigenvalue weighted by atomic mass is 9.94. The molecule has 1 saturated heterocycles. The van der Waals surface area contributed by atoms with E-state index >= 15 is 0 Å². The number of ether oxygens (including phenoxy) is 1. The van der Waals surface area contributed by atoms with Gasteiger partial charge in [-0.15, -0.1) is 11.8 Å². The van der Waals surface area contributed by atoms with Crippen LogP contribution >= 0.6 is 0 Å². The van der Waals surface area contributed by atoms with Crippen LogP contribution in [-0.4, -0.2) is 25.3 Å². The lowest BCUT2D eigenvalue weighted by molar-refractivity contribution is 0.117. The fourth-order valence-electron chi connectivity index (χ4n) is 2.01. The zero-order valence-corrected chi connectivity index (χ0v) is 9.47. The number of hydrogen-bond donors (Lipinski definition) is 1. The maximum Gasteiger partial charge on any atom is 0.0551 e. The van der Waals surface area contributed by atoms with E-state index in [9.17, 15) is 0 Å². The lowest BCUT2D eigenvalue weighted by Gasteiger charge is -2.20. The predicted octanol–water partition coefficient (Wildman–Crippen LogP) is 1.80. The average Bonchev–Trinajstić information content (AvgIpc) is 2.59. The maximum absolute atomic E-state index is 5.58. The smallest absolute Gasteiger partial charge is 0.0551 e. The van der Waals surface area contributed by atoms with Crippen LogP contribution in [0.3, 0.4) is 0 Å². The van der Waals surface area contributed by atoms with Gasteiger partial charge in [-0.25, -0.2) is 0 Å². The van der Waals surface area contributed by atoms with E-state index in [0.717, 1.165) is 19.6 Å². The average molecular weight is 195 g/mol. The van der Waals surface area contributed by atoms with Crippen molar-refractivity contribution in [2.45, 2.75) is 45.8 Å². The van der Waals surface area contributed by atoms with Crippen molar-refractivity contribution in [1.29, 1.82) is 0 Å². The van der Waals surface area contributed by atoms with Crippen molar-refractivity contribution < 1.29 is 4.74 Å². The molecule has 0 aromatic carbocycles. The molecule has 1 aliphatic rings. The summed E-state index contributed by atoms with van der Waals surface area (Å²) in [6.45, 7) is 8.10. The van der Waals surface area contributed by atoms with E-state index in [1.807, 2.05) is 6.92 Å².